The van der Waals surface area contributed by atoms with Crippen LogP contribution in [-0.2, 0) is 4.79 Å². The monoisotopic (exact) mass is 249 g/mol. The van der Waals surface area contributed by atoms with E-state index in [0.29, 0.717) is 18.2 Å². The summed E-state index contributed by atoms with van der Waals surface area (Å²) in [6, 6.07) is 3.58. The van der Waals surface area contributed by atoms with Crippen molar-refractivity contribution in [3.8, 4) is 5.75 Å². The highest BCUT2D eigenvalue weighted by Gasteiger charge is 2.29. The maximum Gasteiger partial charge on any atom is 0.263 e. The van der Waals surface area contributed by atoms with Gasteiger partial charge in [-0.1, -0.05) is 0 Å². The second-order valence-electron chi connectivity index (χ2n) is 4.62. The van der Waals surface area contributed by atoms with E-state index in [2.05, 4.69) is 4.98 Å². The van der Waals surface area contributed by atoms with E-state index in [9.17, 15) is 4.79 Å². The maximum atomic E-state index is 12.2. The Hall–Kier alpha value is -1.62. The van der Waals surface area contributed by atoms with E-state index in [1.165, 1.54) is 0 Å². The van der Waals surface area contributed by atoms with Crippen molar-refractivity contribution in [1.82, 2.24) is 9.88 Å². The molecule has 5 nitrogen and oxygen atoms in total. The molecule has 1 aromatic heterocycles. The SMILES string of the molecule is C[C@@H](Oc1cccnc1)C(=O)N1CC[C@H](CN)C1. The normalized spacial score (nSPS) is 20.8. The second kappa shape index (κ2) is 5.82. The summed E-state index contributed by atoms with van der Waals surface area (Å²) in [5.41, 5.74) is 5.62. The molecule has 1 aliphatic rings. The number of pyridine rings is 1. The van der Waals surface area contributed by atoms with E-state index in [1.54, 1.807) is 31.5 Å². The zero-order valence-corrected chi connectivity index (χ0v) is 10.6. The van der Waals surface area contributed by atoms with Crippen molar-refractivity contribution in [3.05, 3.63) is 24.5 Å². The fraction of sp³-hybridized carbons (Fsp3) is 0.538. The number of ether oxygens (including phenoxy) is 1. The van der Waals surface area contributed by atoms with Crippen LogP contribution in [0.2, 0.25) is 0 Å². The molecular formula is C13H19N3O2. The smallest absolute Gasteiger partial charge is 0.263 e. The van der Waals surface area contributed by atoms with Crippen molar-refractivity contribution < 1.29 is 9.53 Å². The van der Waals surface area contributed by atoms with Gasteiger partial charge in [0.15, 0.2) is 6.10 Å². The molecule has 0 spiro atoms. The minimum absolute atomic E-state index is 0.0230. The number of nitrogens with zero attached hydrogens (tertiary/aromatic N) is 2. The summed E-state index contributed by atoms with van der Waals surface area (Å²) < 4.78 is 5.57. The van der Waals surface area contributed by atoms with Gasteiger partial charge >= 0.3 is 0 Å². The van der Waals surface area contributed by atoms with Crippen molar-refractivity contribution in [1.29, 1.82) is 0 Å². The second-order valence-corrected chi connectivity index (χ2v) is 4.62. The molecule has 2 heterocycles. The van der Waals surface area contributed by atoms with Crippen LogP contribution in [0.4, 0.5) is 0 Å². The van der Waals surface area contributed by atoms with Crippen molar-refractivity contribution in [2.24, 2.45) is 11.7 Å². The predicted octanol–water partition coefficient (Wildman–Crippen LogP) is 0.656. The van der Waals surface area contributed by atoms with Crippen LogP contribution >= 0.6 is 0 Å². The number of carbonyl (C=O) groups excluding carboxylic acids is 1. The minimum Gasteiger partial charge on any atom is -0.479 e. The van der Waals surface area contributed by atoms with Crippen LogP contribution in [0.15, 0.2) is 24.5 Å². The zero-order valence-electron chi connectivity index (χ0n) is 10.6. The third-order valence-electron chi connectivity index (χ3n) is 3.23. The summed E-state index contributed by atoms with van der Waals surface area (Å²) in [6.45, 7) is 3.93. The van der Waals surface area contributed by atoms with Crippen molar-refractivity contribution in [2.45, 2.75) is 19.4 Å². The van der Waals surface area contributed by atoms with Crippen LogP contribution in [-0.4, -0.2) is 41.5 Å². The molecule has 2 rings (SSSR count). The molecule has 18 heavy (non-hydrogen) atoms. The highest BCUT2D eigenvalue weighted by molar-refractivity contribution is 5.81. The fourth-order valence-corrected chi connectivity index (χ4v) is 2.15. The van der Waals surface area contributed by atoms with Gasteiger partial charge in [-0.2, -0.15) is 0 Å². The third kappa shape index (κ3) is 2.98. The number of carbonyl (C=O) groups is 1. The van der Waals surface area contributed by atoms with E-state index in [-0.39, 0.29) is 5.91 Å². The first-order valence-corrected chi connectivity index (χ1v) is 6.26. The van der Waals surface area contributed by atoms with Gasteiger partial charge in [0.2, 0.25) is 0 Å². The fourth-order valence-electron chi connectivity index (χ4n) is 2.15. The van der Waals surface area contributed by atoms with Gasteiger partial charge in [-0.05, 0) is 37.9 Å². The highest BCUT2D eigenvalue weighted by atomic mass is 16.5. The summed E-state index contributed by atoms with van der Waals surface area (Å²) in [6.07, 6.45) is 3.79. The average Bonchev–Trinajstić information content (AvgIpc) is 2.87. The van der Waals surface area contributed by atoms with Gasteiger partial charge in [0.1, 0.15) is 5.75 Å². The van der Waals surface area contributed by atoms with E-state index in [0.717, 1.165) is 19.5 Å². The molecule has 5 heteroatoms. The third-order valence-corrected chi connectivity index (χ3v) is 3.23. The van der Waals surface area contributed by atoms with E-state index in [4.69, 9.17) is 10.5 Å². The molecule has 98 valence electrons. The van der Waals surface area contributed by atoms with Gasteiger partial charge in [0.05, 0.1) is 6.20 Å². The number of amides is 1. The van der Waals surface area contributed by atoms with Crippen LogP contribution in [0, 0.1) is 5.92 Å². The Labute approximate surface area is 107 Å². The number of hydrogen-bond donors (Lipinski definition) is 1. The Kier molecular flexibility index (Phi) is 4.15. The molecule has 0 bridgehead atoms. The highest BCUT2D eigenvalue weighted by Crippen LogP contribution is 2.17. The van der Waals surface area contributed by atoms with Gasteiger partial charge in [0.25, 0.3) is 5.91 Å². The van der Waals surface area contributed by atoms with Gasteiger partial charge in [0, 0.05) is 19.3 Å². The first-order valence-electron chi connectivity index (χ1n) is 6.26. The average molecular weight is 249 g/mol. The molecule has 1 fully saturated rings. The minimum atomic E-state index is -0.481. The van der Waals surface area contributed by atoms with E-state index in [1.807, 2.05) is 4.90 Å². The molecule has 2 N–H and O–H groups in total. The number of nitrogens with two attached hydrogens (primary N) is 1. The van der Waals surface area contributed by atoms with Gasteiger partial charge < -0.3 is 15.4 Å². The number of likely N-dealkylation sites (tertiary alicyclic amines) is 1. The molecule has 0 aromatic carbocycles. The van der Waals surface area contributed by atoms with Gasteiger partial charge in [-0.15, -0.1) is 0 Å². The van der Waals surface area contributed by atoms with Crippen LogP contribution in [0.3, 0.4) is 0 Å². The number of hydrogen-bond acceptors (Lipinski definition) is 4. The molecule has 2 atom stereocenters. The lowest BCUT2D eigenvalue weighted by Gasteiger charge is -2.21. The summed E-state index contributed by atoms with van der Waals surface area (Å²) in [4.78, 5) is 17.9. The predicted molar refractivity (Wildman–Crippen MR) is 68.1 cm³/mol. The van der Waals surface area contributed by atoms with Crippen molar-refractivity contribution in [2.75, 3.05) is 19.6 Å². The molecule has 0 saturated carbocycles. The maximum absolute atomic E-state index is 12.2. The number of aromatic nitrogens is 1. The summed E-state index contributed by atoms with van der Waals surface area (Å²) in [5.74, 6) is 1.07. The van der Waals surface area contributed by atoms with Crippen LogP contribution in [0.25, 0.3) is 0 Å². The molecule has 1 saturated heterocycles. The molecule has 0 unspecified atom stereocenters. The van der Waals surface area contributed by atoms with Crippen molar-refractivity contribution >= 4 is 5.91 Å². The number of rotatable bonds is 4. The van der Waals surface area contributed by atoms with Gasteiger partial charge in [-0.3, -0.25) is 9.78 Å². The Morgan fingerprint density at radius 2 is 2.56 bits per heavy atom. The lowest BCUT2D eigenvalue weighted by Crippen LogP contribution is -2.39. The summed E-state index contributed by atoms with van der Waals surface area (Å²) in [5, 5.41) is 0. The largest absolute Gasteiger partial charge is 0.479 e. The molecule has 1 aliphatic heterocycles. The Morgan fingerprint density at radius 1 is 1.72 bits per heavy atom. The summed E-state index contributed by atoms with van der Waals surface area (Å²) in [7, 11) is 0. The lowest BCUT2D eigenvalue weighted by atomic mass is 10.1. The summed E-state index contributed by atoms with van der Waals surface area (Å²) >= 11 is 0. The van der Waals surface area contributed by atoms with Crippen LogP contribution in [0.1, 0.15) is 13.3 Å². The first kappa shape index (κ1) is 12.8. The van der Waals surface area contributed by atoms with Crippen molar-refractivity contribution in [3.63, 3.8) is 0 Å². The van der Waals surface area contributed by atoms with Crippen LogP contribution < -0.4 is 10.5 Å². The topological polar surface area (TPSA) is 68.5 Å². The molecular weight excluding hydrogens is 230 g/mol. The molecule has 0 aliphatic carbocycles. The van der Waals surface area contributed by atoms with E-state index >= 15 is 0 Å². The zero-order chi connectivity index (χ0) is 13.0. The van der Waals surface area contributed by atoms with Gasteiger partial charge in [-0.25, -0.2) is 0 Å². The Morgan fingerprint density at radius 3 is 3.17 bits per heavy atom. The Balaban J connectivity index is 1.89. The first-order chi connectivity index (χ1) is 8.70. The molecule has 1 amide bonds. The Bertz CT molecular complexity index is 396. The molecule has 1 aromatic rings. The van der Waals surface area contributed by atoms with Crippen LogP contribution in [0.5, 0.6) is 5.75 Å². The van der Waals surface area contributed by atoms with E-state index < -0.39 is 6.10 Å². The molecule has 0 radical (unpaired) electrons. The standard InChI is InChI=1S/C13H19N3O2/c1-10(18-12-3-2-5-15-8-12)13(17)16-6-4-11(7-14)9-16/h2-3,5,8,10-11H,4,6-7,9,14H2,1H3/t10-,11-/m1/s1. The quantitative estimate of drug-likeness (QED) is 0.851. The lowest BCUT2D eigenvalue weighted by molar-refractivity contribution is -0.137.